The molecule has 0 aromatic heterocycles. The summed E-state index contributed by atoms with van der Waals surface area (Å²) in [5.74, 6) is -0.0952. The maximum absolute atomic E-state index is 13.1. The zero-order chi connectivity index (χ0) is 24.2. The lowest BCUT2D eigenvalue weighted by molar-refractivity contribution is -0.136. The zero-order valence-corrected chi connectivity index (χ0v) is 19.3. The topological polar surface area (TPSA) is 129 Å². The van der Waals surface area contributed by atoms with Gasteiger partial charge in [-0.05, 0) is 42.0 Å². The third-order valence-electron chi connectivity index (χ3n) is 5.05. The fourth-order valence-electron chi connectivity index (χ4n) is 3.42. The van der Waals surface area contributed by atoms with Crippen LogP contribution in [0.2, 0.25) is 0 Å². The molecule has 176 valence electrons. The molecule has 1 atom stereocenters. The Bertz CT molecular complexity index is 1190. The van der Waals surface area contributed by atoms with Crippen molar-refractivity contribution in [3.05, 3.63) is 59.3 Å². The van der Waals surface area contributed by atoms with Gasteiger partial charge in [-0.15, -0.1) is 0 Å². The number of amides is 2. The smallest absolute Gasteiger partial charge is 0.338 e. The van der Waals surface area contributed by atoms with E-state index in [-0.39, 0.29) is 16.2 Å². The van der Waals surface area contributed by atoms with Crippen molar-refractivity contribution in [1.29, 1.82) is 0 Å². The van der Waals surface area contributed by atoms with Gasteiger partial charge in [-0.2, -0.15) is 0 Å². The average Bonchev–Trinajstić information content (AvgIpc) is 2.82. The van der Waals surface area contributed by atoms with Crippen LogP contribution in [0.25, 0.3) is 0 Å². The summed E-state index contributed by atoms with van der Waals surface area (Å²) in [5.41, 5.74) is 0.352. The molecule has 0 radical (unpaired) electrons. The van der Waals surface area contributed by atoms with Gasteiger partial charge < -0.3 is 29.6 Å². The van der Waals surface area contributed by atoms with Crippen molar-refractivity contribution in [2.24, 2.45) is 0 Å². The number of urea groups is 1. The van der Waals surface area contributed by atoms with E-state index in [9.17, 15) is 18.0 Å². The number of ether oxygens (including phenoxy) is 4. The van der Waals surface area contributed by atoms with Crippen LogP contribution in [0.1, 0.15) is 11.6 Å². The van der Waals surface area contributed by atoms with E-state index in [4.69, 9.17) is 18.9 Å². The van der Waals surface area contributed by atoms with E-state index in [1.807, 2.05) is 0 Å². The third-order valence-corrected chi connectivity index (χ3v) is 6.71. The van der Waals surface area contributed by atoms with Crippen LogP contribution < -0.4 is 24.8 Å². The zero-order valence-electron chi connectivity index (χ0n) is 18.5. The molecule has 10 nitrogen and oxygen atoms in total. The number of hydrogen-bond acceptors (Lipinski definition) is 8. The van der Waals surface area contributed by atoms with E-state index in [0.717, 1.165) is 0 Å². The van der Waals surface area contributed by atoms with Gasteiger partial charge in [-0.25, -0.2) is 18.0 Å². The van der Waals surface area contributed by atoms with Crippen LogP contribution in [-0.4, -0.2) is 54.6 Å². The largest absolute Gasteiger partial charge is 0.497 e. The maximum atomic E-state index is 13.1. The summed E-state index contributed by atoms with van der Waals surface area (Å²) in [7, 11) is 1.65. The number of carbonyl (C=O) groups is 2. The number of hydrogen-bond donors (Lipinski definition) is 2. The van der Waals surface area contributed by atoms with Crippen molar-refractivity contribution in [3.8, 4) is 17.2 Å². The monoisotopic (exact) mass is 476 g/mol. The summed E-state index contributed by atoms with van der Waals surface area (Å²) in [4.78, 5) is 25.1. The fourth-order valence-corrected chi connectivity index (χ4v) is 4.75. The molecule has 0 aliphatic carbocycles. The Morgan fingerprint density at radius 2 is 1.61 bits per heavy atom. The Labute approximate surface area is 191 Å². The molecular weight excluding hydrogens is 452 g/mol. The van der Waals surface area contributed by atoms with Gasteiger partial charge in [0.2, 0.25) is 0 Å². The van der Waals surface area contributed by atoms with Gasteiger partial charge in [-0.3, -0.25) is 0 Å². The summed E-state index contributed by atoms with van der Waals surface area (Å²) in [6, 6.07) is 9.00. The minimum atomic E-state index is -3.92. The van der Waals surface area contributed by atoms with Crippen LogP contribution in [0.5, 0.6) is 17.2 Å². The summed E-state index contributed by atoms with van der Waals surface area (Å²) in [6.45, 7) is 0. The normalized spacial score (nSPS) is 15.9. The second kappa shape index (κ2) is 9.82. The standard InChI is InChI=1S/C22H24N2O8S/c1-29-14-6-8-15(9-7-14)33(27,28)12-16-19(21(25)32-4)20(24-22(26)23-16)13-5-10-17(30-2)18(11-13)31-3/h5-11,20H,12H2,1-4H3,(H2,23,24,26)/t20-/m0/s1. The second-order valence-corrected chi connectivity index (χ2v) is 8.95. The Hall–Kier alpha value is -3.73. The van der Waals surface area contributed by atoms with E-state index in [0.29, 0.717) is 22.8 Å². The first-order valence-electron chi connectivity index (χ1n) is 9.71. The highest BCUT2D eigenvalue weighted by atomic mass is 32.2. The van der Waals surface area contributed by atoms with Crippen LogP contribution in [0, 0.1) is 0 Å². The number of benzene rings is 2. The molecule has 3 rings (SSSR count). The minimum absolute atomic E-state index is 0.00969. The molecule has 1 aliphatic rings. The maximum Gasteiger partial charge on any atom is 0.338 e. The molecule has 0 saturated carbocycles. The van der Waals surface area contributed by atoms with Gasteiger partial charge in [0, 0.05) is 5.70 Å². The number of sulfone groups is 1. The molecule has 33 heavy (non-hydrogen) atoms. The number of methoxy groups -OCH3 is 4. The summed E-state index contributed by atoms with van der Waals surface area (Å²) >= 11 is 0. The van der Waals surface area contributed by atoms with Gasteiger partial charge in [0.1, 0.15) is 5.75 Å². The SMILES string of the molecule is COC(=O)C1=C(CS(=O)(=O)c2ccc(OC)cc2)NC(=O)N[C@H]1c1ccc(OC)c(OC)c1. The van der Waals surface area contributed by atoms with Crippen molar-refractivity contribution in [2.75, 3.05) is 34.2 Å². The van der Waals surface area contributed by atoms with Crippen LogP contribution >= 0.6 is 0 Å². The minimum Gasteiger partial charge on any atom is -0.497 e. The van der Waals surface area contributed by atoms with Gasteiger partial charge in [0.15, 0.2) is 21.3 Å². The van der Waals surface area contributed by atoms with E-state index in [2.05, 4.69) is 10.6 Å². The highest BCUT2D eigenvalue weighted by molar-refractivity contribution is 7.91. The molecule has 0 spiro atoms. The molecule has 0 bridgehead atoms. The van der Waals surface area contributed by atoms with Crippen molar-refractivity contribution >= 4 is 21.8 Å². The van der Waals surface area contributed by atoms with Crippen LogP contribution in [0.15, 0.2) is 58.6 Å². The molecule has 2 N–H and O–H groups in total. The third kappa shape index (κ3) is 5.03. The van der Waals surface area contributed by atoms with Crippen LogP contribution in [0.3, 0.4) is 0 Å². The molecule has 0 saturated heterocycles. The first kappa shape index (κ1) is 23.9. The van der Waals surface area contributed by atoms with Crippen molar-refractivity contribution in [1.82, 2.24) is 10.6 Å². The second-order valence-electron chi connectivity index (χ2n) is 6.96. The number of rotatable bonds is 8. The quantitative estimate of drug-likeness (QED) is 0.553. The first-order chi connectivity index (χ1) is 15.7. The number of esters is 1. The van der Waals surface area contributed by atoms with E-state index in [1.165, 1.54) is 52.7 Å². The molecule has 2 aromatic rings. The molecule has 11 heteroatoms. The first-order valence-corrected chi connectivity index (χ1v) is 11.4. The van der Waals surface area contributed by atoms with Gasteiger partial charge in [0.05, 0.1) is 50.7 Å². The van der Waals surface area contributed by atoms with E-state index in [1.54, 1.807) is 18.2 Å². The van der Waals surface area contributed by atoms with Crippen molar-refractivity contribution in [2.45, 2.75) is 10.9 Å². The van der Waals surface area contributed by atoms with E-state index >= 15 is 0 Å². The summed E-state index contributed by atoms with van der Waals surface area (Å²) in [5, 5.41) is 5.09. The highest BCUT2D eigenvalue weighted by Gasteiger charge is 2.36. The predicted molar refractivity (Wildman–Crippen MR) is 118 cm³/mol. The highest BCUT2D eigenvalue weighted by Crippen LogP contribution is 2.35. The van der Waals surface area contributed by atoms with Gasteiger partial charge in [-0.1, -0.05) is 6.07 Å². The van der Waals surface area contributed by atoms with Gasteiger partial charge >= 0.3 is 12.0 Å². The number of carbonyl (C=O) groups excluding carboxylic acids is 2. The van der Waals surface area contributed by atoms with Crippen LogP contribution in [-0.2, 0) is 19.4 Å². The Balaban J connectivity index is 2.09. The molecule has 1 heterocycles. The Kier molecular flexibility index (Phi) is 7.12. The molecule has 2 amide bonds. The lowest BCUT2D eigenvalue weighted by Crippen LogP contribution is -2.47. The molecule has 0 fully saturated rings. The summed E-state index contributed by atoms with van der Waals surface area (Å²) in [6.07, 6.45) is 0. The molecule has 2 aromatic carbocycles. The van der Waals surface area contributed by atoms with Gasteiger partial charge in [0.25, 0.3) is 0 Å². The summed E-state index contributed by atoms with van der Waals surface area (Å²) < 4.78 is 46.6. The number of nitrogens with one attached hydrogen (secondary N) is 2. The lowest BCUT2D eigenvalue weighted by atomic mass is 9.95. The predicted octanol–water partition coefficient (Wildman–Crippen LogP) is 1.97. The van der Waals surface area contributed by atoms with Crippen molar-refractivity contribution in [3.63, 3.8) is 0 Å². The van der Waals surface area contributed by atoms with Crippen molar-refractivity contribution < 1.29 is 37.0 Å². The fraction of sp³-hybridized carbons (Fsp3) is 0.273. The molecule has 0 unspecified atom stereocenters. The molecular formula is C22H24N2O8S. The average molecular weight is 477 g/mol. The Morgan fingerprint density at radius 1 is 0.939 bits per heavy atom. The Morgan fingerprint density at radius 3 is 2.18 bits per heavy atom. The van der Waals surface area contributed by atoms with Crippen LogP contribution in [0.4, 0.5) is 4.79 Å². The lowest BCUT2D eigenvalue weighted by Gasteiger charge is -2.29. The molecule has 1 aliphatic heterocycles. The van der Waals surface area contributed by atoms with E-state index < -0.39 is 33.6 Å².